The van der Waals surface area contributed by atoms with Crippen LogP contribution in [0.3, 0.4) is 0 Å². The highest BCUT2D eigenvalue weighted by atomic mass is 79.9. The van der Waals surface area contributed by atoms with Gasteiger partial charge in [-0.2, -0.15) is 0 Å². The van der Waals surface area contributed by atoms with Gasteiger partial charge in [0.05, 0.1) is 11.1 Å². The Morgan fingerprint density at radius 3 is 2.44 bits per heavy atom. The molecule has 0 saturated carbocycles. The maximum absolute atomic E-state index is 13.0. The van der Waals surface area contributed by atoms with Crippen molar-refractivity contribution >= 4 is 38.7 Å². The minimum Gasteiger partial charge on any atom is -0.464 e. The van der Waals surface area contributed by atoms with E-state index in [4.69, 9.17) is 4.74 Å². The molecule has 0 radical (unpaired) electrons. The van der Waals surface area contributed by atoms with Gasteiger partial charge in [0.25, 0.3) is 5.91 Å². The number of hydrogen-bond acceptors (Lipinski definition) is 3. The van der Waals surface area contributed by atoms with Gasteiger partial charge in [0, 0.05) is 24.4 Å². The molecule has 0 saturated heterocycles. The van der Waals surface area contributed by atoms with Gasteiger partial charge in [0.2, 0.25) is 0 Å². The standard InChI is InChI=1S/C21H21BrN2O3/c1-3-27-21(26)16(13-14-9-5-4-6-10-14)23-20(25)19-18(22)15-11-7-8-12-17(15)24(19)2/h4-12,16H,3,13H2,1-2H3,(H,23,25). The maximum atomic E-state index is 13.0. The van der Waals surface area contributed by atoms with Crippen molar-refractivity contribution in [3.05, 3.63) is 70.3 Å². The fraction of sp³-hybridized carbons (Fsp3) is 0.238. The van der Waals surface area contributed by atoms with Crippen LogP contribution < -0.4 is 5.32 Å². The van der Waals surface area contributed by atoms with Gasteiger partial charge in [-0.25, -0.2) is 4.79 Å². The number of amides is 1. The highest BCUT2D eigenvalue weighted by molar-refractivity contribution is 9.10. The van der Waals surface area contributed by atoms with Crippen molar-refractivity contribution in [1.82, 2.24) is 9.88 Å². The summed E-state index contributed by atoms with van der Waals surface area (Å²) in [5, 5.41) is 3.79. The molecule has 0 spiro atoms. The molecule has 0 aliphatic carbocycles. The molecular formula is C21H21BrN2O3. The Labute approximate surface area is 166 Å². The molecule has 1 heterocycles. The van der Waals surface area contributed by atoms with Crippen LogP contribution in [0.4, 0.5) is 0 Å². The first kappa shape index (κ1) is 19.2. The Morgan fingerprint density at radius 1 is 1.11 bits per heavy atom. The van der Waals surface area contributed by atoms with E-state index in [1.807, 2.05) is 66.2 Å². The molecular weight excluding hydrogens is 408 g/mol. The van der Waals surface area contributed by atoms with Crippen LogP contribution in [0, 0.1) is 0 Å². The monoisotopic (exact) mass is 428 g/mol. The van der Waals surface area contributed by atoms with Gasteiger partial charge in [0.15, 0.2) is 0 Å². The second kappa shape index (κ2) is 8.39. The molecule has 1 atom stereocenters. The minimum atomic E-state index is -0.759. The average Bonchev–Trinajstić information content (AvgIpc) is 2.93. The van der Waals surface area contributed by atoms with Crippen molar-refractivity contribution in [2.45, 2.75) is 19.4 Å². The third kappa shape index (κ3) is 4.06. The molecule has 5 nitrogen and oxygen atoms in total. The van der Waals surface area contributed by atoms with E-state index >= 15 is 0 Å². The third-order valence-electron chi connectivity index (χ3n) is 4.42. The van der Waals surface area contributed by atoms with E-state index in [2.05, 4.69) is 21.2 Å². The zero-order valence-electron chi connectivity index (χ0n) is 15.2. The third-order valence-corrected chi connectivity index (χ3v) is 5.22. The number of benzene rings is 2. The highest BCUT2D eigenvalue weighted by Gasteiger charge is 2.26. The lowest BCUT2D eigenvalue weighted by Gasteiger charge is -2.18. The van der Waals surface area contributed by atoms with E-state index in [9.17, 15) is 9.59 Å². The number of para-hydroxylation sites is 1. The van der Waals surface area contributed by atoms with Crippen molar-refractivity contribution < 1.29 is 14.3 Å². The van der Waals surface area contributed by atoms with Crippen molar-refractivity contribution in [2.24, 2.45) is 7.05 Å². The van der Waals surface area contributed by atoms with E-state index in [0.717, 1.165) is 16.5 Å². The Kier molecular flexibility index (Phi) is 5.96. The number of carbonyl (C=O) groups excluding carboxylic acids is 2. The van der Waals surface area contributed by atoms with Gasteiger partial charge >= 0.3 is 5.97 Å². The lowest BCUT2D eigenvalue weighted by Crippen LogP contribution is -2.44. The predicted molar refractivity (Wildman–Crippen MR) is 109 cm³/mol. The van der Waals surface area contributed by atoms with Crippen LogP contribution in [0.1, 0.15) is 23.0 Å². The number of aromatic nitrogens is 1. The zero-order valence-corrected chi connectivity index (χ0v) is 16.8. The lowest BCUT2D eigenvalue weighted by atomic mass is 10.1. The summed E-state index contributed by atoms with van der Waals surface area (Å²) in [4.78, 5) is 25.4. The number of nitrogens with zero attached hydrogens (tertiary/aromatic N) is 1. The molecule has 6 heteroatoms. The van der Waals surface area contributed by atoms with Crippen LogP contribution in [0.2, 0.25) is 0 Å². The first-order valence-electron chi connectivity index (χ1n) is 8.77. The van der Waals surface area contributed by atoms with Gasteiger partial charge in [-0.15, -0.1) is 0 Å². The van der Waals surface area contributed by atoms with Crippen LogP contribution in [0.25, 0.3) is 10.9 Å². The quantitative estimate of drug-likeness (QED) is 0.606. The molecule has 2 aromatic carbocycles. The average molecular weight is 429 g/mol. The number of esters is 1. The van der Waals surface area contributed by atoms with Crippen molar-refractivity contribution in [3.63, 3.8) is 0 Å². The Morgan fingerprint density at radius 2 is 1.78 bits per heavy atom. The van der Waals surface area contributed by atoms with Gasteiger partial charge in [-0.05, 0) is 34.5 Å². The molecule has 1 unspecified atom stereocenters. The van der Waals surface area contributed by atoms with E-state index in [1.165, 1.54) is 0 Å². The largest absolute Gasteiger partial charge is 0.464 e. The van der Waals surface area contributed by atoms with Crippen molar-refractivity contribution in [2.75, 3.05) is 6.61 Å². The Hall–Kier alpha value is -2.60. The Bertz CT molecular complexity index is 927. The minimum absolute atomic E-state index is 0.262. The van der Waals surface area contributed by atoms with Gasteiger partial charge in [0.1, 0.15) is 11.7 Å². The molecule has 3 aromatic rings. The number of ether oxygens (including phenoxy) is 1. The summed E-state index contributed by atoms with van der Waals surface area (Å²) >= 11 is 3.53. The van der Waals surface area contributed by atoms with Crippen LogP contribution >= 0.6 is 15.9 Å². The maximum Gasteiger partial charge on any atom is 0.328 e. The number of aryl methyl sites for hydroxylation is 1. The summed E-state index contributed by atoms with van der Waals surface area (Å²) < 4.78 is 7.69. The number of rotatable bonds is 6. The molecule has 0 aliphatic rings. The van der Waals surface area contributed by atoms with Crippen molar-refractivity contribution in [1.29, 1.82) is 0 Å². The van der Waals surface area contributed by atoms with E-state index in [1.54, 1.807) is 6.92 Å². The molecule has 1 N–H and O–H groups in total. The number of fused-ring (bicyclic) bond motifs is 1. The summed E-state index contributed by atoms with van der Waals surface area (Å²) in [7, 11) is 1.83. The molecule has 1 aromatic heterocycles. The van der Waals surface area contributed by atoms with E-state index < -0.39 is 12.0 Å². The molecule has 140 valence electrons. The second-order valence-electron chi connectivity index (χ2n) is 6.21. The topological polar surface area (TPSA) is 60.3 Å². The Balaban J connectivity index is 1.89. The van der Waals surface area contributed by atoms with E-state index in [0.29, 0.717) is 16.6 Å². The number of carbonyl (C=O) groups is 2. The SMILES string of the molecule is CCOC(=O)C(Cc1ccccc1)NC(=O)c1c(Br)c2ccccc2n1C. The van der Waals surface area contributed by atoms with Crippen molar-refractivity contribution in [3.8, 4) is 0 Å². The highest BCUT2D eigenvalue weighted by Crippen LogP contribution is 2.30. The van der Waals surface area contributed by atoms with Crippen LogP contribution in [-0.2, 0) is 23.0 Å². The van der Waals surface area contributed by atoms with Gasteiger partial charge < -0.3 is 14.6 Å². The first-order valence-corrected chi connectivity index (χ1v) is 9.56. The molecule has 27 heavy (non-hydrogen) atoms. The van der Waals surface area contributed by atoms with Crippen LogP contribution in [0.5, 0.6) is 0 Å². The van der Waals surface area contributed by atoms with Gasteiger partial charge in [-0.3, -0.25) is 4.79 Å². The smallest absolute Gasteiger partial charge is 0.328 e. The molecule has 0 bridgehead atoms. The second-order valence-corrected chi connectivity index (χ2v) is 7.00. The van der Waals surface area contributed by atoms with E-state index in [-0.39, 0.29) is 12.5 Å². The fourth-order valence-corrected chi connectivity index (χ4v) is 3.89. The fourth-order valence-electron chi connectivity index (χ4n) is 3.11. The summed E-state index contributed by atoms with van der Waals surface area (Å²) in [5.74, 6) is -0.765. The van der Waals surface area contributed by atoms with Crippen LogP contribution in [-0.4, -0.2) is 29.1 Å². The summed E-state index contributed by atoms with van der Waals surface area (Å²) in [6, 6.07) is 16.5. The van der Waals surface area contributed by atoms with Crippen LogP contribution in [0.15, 0.2) is 59.1 Å². The summed E-state index contributed by atoms with van der Waals surface area (Å²) in [6.07, 6.45) is 0.368. The van der Waals surface area contributed by atoms with Gasteiger partial charge in [-0.1, -0.05) is 48.5 Å². The molecule has 3 rings (SSSR count). The summed E-state index contributed by atoms with van der Waals surface area (Å²) in [6.45, 7) is 2.01. The number of hydrogen-bond donors (Lipinski definition) is 1. The number of halogens is 1. The summed E-state index contributed by atoms with van der Waals surface area (Å²) in [5.41, 5.74) is 2.36. The molecule has 0 fully saturated rings. The lowest BCUT2D eigenvalue weighted by molar-refractivity contribution is -0.145. The zero-order chi connectivity index (χ0) is 19.4. The molecule has 1 amide bonds. The number of nitrogens with one attached hydrogen (secondary N) is 1. The predicted octanol–water partition coefficient (Wildman–Crippen LogP) is 3.85. The first-order chi connectivity index (χ1) is 13.0. The normalized spacial score (nSPS) is 12.0. The molecule has 0 aliphatic heterocycles.